The molecule has 1 aliphatic rings. The average molecular weight is 275 g/mol. The molecule has 0 radical (unpaired) electrons. The first-order chi connectivity index (χ1) is 9.61. The minimum Gasteiger partial charge on any atom is -0.369 e. The molecule has 0 saturated heterocycles. The summed E-state index contributed by atoms with van der Waals surface area (Å²) in [5, 5.41) is 4.56. The fourth-order valence-corrected chi connectivity index (χ4v) is 3.54. The Hall–Kier alpha value is -1.52. The first-order valence-electron chi connectivity index (χ1n) is 7.81. The fraction of sp³-hybridized carbons (Fsp3) is 0.733. The number of nitrogen functional groups attached to an aromatic ring is 1. The van der Waals surface area contributed by atoms with Crippen LogP contribution >= 0.6 is 0 Å². The average Bonchev–Trinajstić information content (AvgIpc) is 2.91. The van der Waals surface area contributed by atoms with E-state index in [0.29, 0.717) is 11.9 Å². The third kappa shape index (κ3) is 2.09. The van der Waals surface area contributed by atoms with Crippen LogP contribution in [0.25, 0.3) is 11.2 Å². The van der Waals surface area contributed by atoms with E-state index in [1.807, 2.05) is 11.6 Å². The van der Waals surface area contributed by atoms with Crippen LogP contribution in [0.5, 0.6) is 0 Å². The van der Waals surface area contributed by atoms with Gasteiger partial charge in [-0.3, -0.25) is 4.57 Å². The van der Waals surface area contributed by atoms with Gasteiger partial charge in [-0.2, -0.15) is 5.10 Å². The van der Waals surface area contributed by atoms with Crippen molar-refractivity contribution in [1.29, 1.82) is 0 Å². The van der Waals surface area contributed by atoms with Crippen LogP contribution < -0.4 is 5.73 Å². The smallest absolute Gasteiger partial charge is 0.202 e. The van der Waals surface area contributed by atoms with Crippen LogP contribution in [-0.2, 0) is 13.1 Å². The quantitative estimate of drug-likeness (QED) is 0.936. The van der Waals surface area contributed by atoms with Crippen LogP contribution in [0.4, 0.5) is 5.95 Å². The molecule has 20 heavy (non-hydrogen) atoms. The zero-order valence-electron chi connectivity index (χ0n) is 12.8. The highest BCUT2D eigenvalue weighted by Gasteiger charge is 2.25. The van der Waals surface area contributed by atoms with E-state index in [1.54, 1.807) is 0 Å². The van der Waals surface area contributed by atoms with Gasteiger partial charge in [0.2, 0.25) is 5.95 Å². The van der Waals surface area contributed by atoms with Crippen LogP contribution in [-0.4, -0.2) is 19.3 Å². The molecule has 0 bridgehead atoms. The van der Waals surface area contributed by atoms with Crippen molar-refractivity contribution in [3.8, 4) is 0 Å². The standard InChI is InChI=1S/C15H25N5/c1-4-20-14-13(11(3)18-20)17-15(16)19(14)9-12-8-6-5-7-10(12)2/h10,12H,4-9H2,1-3H3,(H2,16,17). The lowest BCUT2D eigenvalue weighted by atomic mass is 9.80. The molecule has 2 aromatic heterocycles. The number of hydrogen-bond donors (Lipinski definition) is 1. The van der Waals surface area contributed by atoms with Crippen molar-refractivity contribution < 1.29 is 0 Å². The molecular formula is C15H25N5. The largest absolute Gasteiger partial charge is 0.369 e. The van der Waals surface area contributed by atoms with Gasteiger partial charge in [0.05, 0.1) is 5.69 Å². The van der Waals surface area contributed by atoms with E-state index >= 15 is 0 Å². The van der Waals surface area contributed by atoms with Crippen LogP contribution in [0, 0.1) is 18.8 Å². The number of imidazole rings is 1. The third-order valence-electron chi connectivity index (χ3n) is 4.83. The first-order valence-corrected chi connectivity index (χ1v) is 7.81. The summed E-state index contributed by atoms with van der Waals surface area (Å²) < 4.78 is 4.22. The predicted molar refractivity (Wildman–Crippen MR) is 81.5 cm³/mol. The van der Waals surface area contributed by atoms with Gasteiger partial charge in [-0.1, -0.05) is 26.2 Å². The molecule has 3 rings (SSSR count). The van der Waals surface area contributed by atoms with E-state index in [-0.39, 0.29) is 0 Å². The maximum Gasteiger partial charge on any atom is 0.202 e. The lowest BCUT2D eigenvalue weighted by Gasteiger charge is -2.29. The number of rotatable bonds is 3. The number of hydrogen-bond acceptors (Lipinski definition) is 3. The number of nitrogens with zero attached hydrogens (tertiary/aromatic N) is 4. The van der Waals surface area contributed by atoms with Gasteiger partial charge in [-0.05, 0) is 32.1 Å². The van der Waals surface area contributed by atoms with E-state index in [2.05, 4.69) is 28.5 Å². The summed E-state index contributed by atoms with van der Waals surface area (Å²) in [6.45, 7) is 8.33. The fourth-order valence-electron chi connectivity index (χ4n) is 3.54. The summed E-state index contributed by atoms with van der Waals surface area (Å²) in [7, 11) is 0. The highest BCUT2D eigenvalue weighted by Crippen LogP contribution is 2.32. The van der Waals surface area contributed by atoms with Crippen molar-refractivity contribution in [2.24, 2.45) is 11.8 Å². The molecule has 2 aromatic rings. The second-order valence-electron chi connectivity index (χ2n) is 6.18. The zero-order chi connectivity index (χ0) is 14.3. The van der Waals surface area contributed by atoms with E-state index in [1.165, 1.54) is 25.7 Å². The summed E-state index contributed by atoms with van der Waals surface area (Å²) in [6.07, 6.45) is 5.37. The molecule has 0 amide bonds. The molecule has 1 saturated carbocycles. The second-order valence-corrected chi connectivity index (χ2v) is 6.18. The maximum atomic E-state index is 6.16. The molecule has 1 fully saturated rings. The molecule has 0 spiro atoms. The van der Waals surface area contributed by atoms with Gasteiger partial charge in [0, 0.05) is 13.1 Å². The molecule has 2 unspecified atom stereocenters. The number of fused-ring (bicyclic) bond motifs is 1. The van der Waals surface area contributed by atoms with Gasteiger partial charge >= 0.3 is 0 Å². The van der Waals surface area contributed by atoms with Crippen molar-refractivity contribution in [2.75, 3.05) is 5.73 Å². The lowest BCUT2D eigenvalue weighted by Crippen LogP contribution is -2.23. The molecule has 0 aliphatic heterocycles. The topological polar surface area (TPSA) is 61.7 Å². The van der Waals surface area contributed by atoms with Crippen LogP contribution in [0.3, 0.4) is 0 Å². The highest BCUT2D eigenvalue weighted by molar-refractivity contribution is 5.77. The van der Waals surface area contributed by atoms with Crippen LogP contribution in [0.1, 0.15) is 45.2 Å². The first kappa shape index (κ1) is 13.5. The van der Waals surface area contributed by atoms with Crippen LogP contribution in [0.15, 0.2) is 0 Å². The molecule has 5 nitrogen and oxygen atoms in total. The van der Waals surface area contributed by atoms with E-state index in [9.17, 15) is 0 Å². The van der Waals surface area contributed by atoms with Crippen molar-refractivity contribution in [2.45, 2.75) is 59.5 Å². The molecule has 2 N–H and O–H groups in total. The summed E-state index contributed by atoms with van der Waals surface area (Å²) in [5.41, 5.74) is 9.20. The summed E-state index contributed by atoms with van der Waals surface area (Å²) in [5.74, 6) is 2.13. The molecule has 5 heteroatoms. The van der Waals surface area contributed by atoms with E-state index in [4.69, 9.17) is 5.73 Å². The number of anilines is 1. The number of aryl methyl sites for hydroxylation is 2. The minimum atomic E-state index is 0.639. The van der Waals surface area contributed by atoms with E-state index < -0.39 is 0 Å². The molecule has 0 aromatic carbocycles. The molecule has 110 valence electrons. The van der Waals surface area contributed by atoms with Gasteiger partial charge in [0.25, 0.3) is 0 Å². The van der Waals surface area contributed by atoms with Crippen molar-refractivity contribution in [3.05, 3.63) is 5.69 Å². The molecule has 1 aliphatic carbocycles. The summed E-state index contributed by atoms with van der Waals surface area (Å²) >= 11 is 0. The predicted octanol–water partition coefficient (Wildman–Crippen LogP) is 2.97. The lowest BCUT2D eigenvalue weighted by molar-refractivity contribution is 0.230. The normalized spacial score (nSPS) is 23.6. The third-order valence-corrected chi connectivity index (χ3v) is 4.83. The number of nitrogens with two attached hydrogens (primary N) is 1. The van der Waals surface area contributed by atoms with Gasteiger partial charge < -0.3 is 5.73 Å². The Morgan fingerprint density at radius 3 is 2.75 bits per heavy atom. The SMILES string of the molecule is CCn1nc(C)c2nc(N)n(CC3CCCCC3C)c21. The van der Waals surface area contributed by atoms with Crippen LogP contribution in [0.2, 0.25) is 0 Å². The minimum absolute atomic E-state index is 0.639. The second kappa shape index (κ2) is 5.11. The number of aromatic nitrogens is 4. The maximum absolute atomic E-state index is 6.16. The molecule has 2 heterocycles. The van der Waals surface area contributed by atoms with E-state index in [0.717, 1.165) is 35.9 Å². The Morgan fingerprint density at radius 2 is 2.05 bits per heavy atom. The van der Waals surface area contributed by atoms with Gasteiger partial charge in [-0.15, -0.1) is 0 Å². The van der Waals surface area contributed by atoms with Crippen molar-refractivity contribution >= 4 is 17.1 Å². The van der Waals surface area contributed by atoms with Gasteiger partial charge in [0.1, 0.15) is 5.52 Å². The highest BCUT2D eigenvalue weighted by atomic mass is 15.4. The monoisotopic (exact) mass is 275 g/mol. The van der Waals surface area contributed by atoms with Crippen molar-refractivity contribution in [3.63, 3.8) is 0 Å². The Kier molecular flexibility index (Phi) is 3.44. The Balaban J connectivity index is 1.99. The Labute approximate surface area is 120 Å². The molecular weight excluding hydrogens is 250 g/mol. The Morgan fingerprint density at radius 1 is 1.30 bits per heavy atom. The van der Waals surface area contributed by atoms with Gasteiger partial charge in [0.15, 0.2) is 5.65 Å². The Bertz CT molecular complexity index is 609. The summed E-state index contributed by atoms with van der Waals surface area (Å²) in [4.78, 5) is 4.53. The summed E-state index contributed by atoms with van der Waals surface area (Å²) in [6, 6.07) is 0. The molecule has 2 atom stereocenters. The zero-order valence-corrected chi connectivity index (χ0v) is 12.8. The van der Waals surface area contributed by atoms with Crippen molar-refractivity contribution in [1.82, 2.24) is 19.3 Å². The van der Waals surface area contributed by atoms with Gasteiger partial charge in [-0.25, -0.2) is 9.67 Å².